The maximum absolute atomic E-state index is 12.7. The van der Waals surface area contributed by atoms with E-state index in [-0.39, 0.29) is 11.8 Å². The Hall–Kier alpha value is -2.51. The van der Waals surface area contributed by atoms with Crippen LogP contribution in [0.2, 0.25) is 0 Å². The van der Waals surface area contributed by atoms with Crippen molar-refractivity contribution in [3.8, 4) is 0 Å². The van der Waals surface area contributed by atoms with Gasteiger partial charge >= 0.3 is 0 Å². The minimum Gasteiger partial charge on any atom is -0.339 e. The number of pyridine rings is 1. The SMILES string of the molecule is CC(C)CN1CCN(C(=O)c2ccn3nnnc3c2)[C@@H](C)C1=O. The lowest BCUT2D eigenvalue weighted by atomic mass is 10.1. The number of amides is 2. The van der Waals surface area contributed by atoms with Gasteiger partial charge in [0.2, 0.25) is 5.91 Å². The molecule has 0 N–H and O–H groups in total. The van der Waals surface area contributed by atoms with Gasteiger partial charge in [0.1, 0.15) is 6.04 Å². The third-order valence-electron chi connectivity index (χ3n) is 4.04. The molecule has 0 radical (unpaired) electrons. The third kappa shape index (κ3) is 2.88. The maximum Gasteiger partial charge on any atom is 0.254 e. The van der Waals surface area contributed by atoms with Crippen molar-refractivity contribution in [3.63, 3.8) is 0 Å². The molecule has 0 saturated carbocycles. The largest absolute Gasteiger partial charge is 0.339 e. The molecule has 0 aliphatic carbocycles. The fourth-order valence-corrected chi connectivity index (χ4v) is 2.87. The summed E-state index contributed by atoms with van der Waals surface area (Å²) in [6.07, 6.45) is 1.64. The van der Waals surface area contributed by atoms with Gasteiger partial charge in [-0.05, 0) is 35.4 Å². The molecule has 3 rings (SSSR count). The molecule has 1 saturated heterocycles. The molecule has 0 aromatic carbocycles. The van der Waals surface area contributed by atoms with Gasteiger partial charge in [0.15, 0.2) is 5.65 Å². The highest BCUT2D eigenvalue weighted by Gasteiger charge is 2.34. The summed E-state index contributed by atoms with van der Waals surface area (Å²) in [5.41, 5.74) is 0.998. The number of carbonyl (C=O) groups is 2. The van der Waals surface area contributed by atoms with Crippen LogP contribution in [0, 0.1) is 5.92 Å². The van der Waals surface area contributed by atoms with E-state index in [0.717, 1.165) is 6.54 Å². The number of hydrogen-bond donors (Lipinski definition) is 0. The van der Waals surface area contributed by atoms with Crippen LogP contribution >= 0.6 is 0 Å². The van der Waals surface area contributed by atoms with E-state index in [9.17, 15) is 9.59 Å². The fourth-order valence-electron chi connectivity index (χ4n) is 2.87. The van der Waals surface area contributed by atoms with Crippen molar-refractivity contribution in [2.24, 2.45) is 5.92 Å². The summed E-state index contributed by atoms with van der Waals surface area (Å²) in [5.74, 6) is 0.250. The van der Waals surface area contributed by atoms with E-state index < -0.39 is 6.04 Å². The van der Waals surface area contributed by atoms with E-state index in [2.05, 4.69) is 29.4 Å². The van der Waals surface area contributed by atoms with Gasteiger partial charge < -0.3 is 9.80 Å². The molecule has 0 bridgehead atoms. The summed E-state index contributed by atoms with van der Waals surface area (Å²) in [6.45, 7) is 7.78. The second kappa shape index (κ2) is 5.94. The van der Waals surface area contributed by atoms with Crippen molar-refractivity contribution in [2.45, 2.75) is 26.8 Å². The zero-order valence-corrected chi connectivity index (χ0v) is 13.5. The maximum atomic E-state index is 12.7. The number of carbonyl (C=O) groups excluding carboxylic acids is 2. The van der Waals surface area contributed by atoms with Crippen molar-refractivity contribution in [1.29, 1.82) is 0 Å². The molecular weight excluding hydrogens is 296 g/mol. The molecule has 8 nitrogen and oxygen atoms in total. The van der Waals surface area contributed by atoms with E-state index in [0.29, 0.717) is 30.2 Å². The molecule has 0 unspecified atom stereocenters. The molecule has 122 valence electrons. The van der Waals surface area contributed by atoms with Gasteiger partial charge in [-0.25, -0.2) is 4.52 Å². The Bertz CT molecular complexity index is 740. The number of piperazine rings is 1. The van der Waals surface area contributed by atoms with Crippen LogP contribution in [0.15, 0.2) is 18.3 Å². The first-order valence-electron chi connectivity index (χ1n) is 7.75. The Kier molecular flexibility index (Phi) is 3.97. The first-order valence-corrected chi connectivity index (χ1v) is 7.75. The Morgan fingerprint density at radius 1 is 1.39 bits per heavy atom. The summed E-state index contributed by atoms with van der Waals surface area (Å²) < 4.78 is 1.49. The van der Waals surface area contributed by atoms with Crippen molar-refractivity contribution in [1.82, 2.24) is 29.8 Å². The van der Waals surface area contributed by atoms with E-state index in [4.69, 9.17) is 0 Å². The quantitative estimate of drug-likeness (QED) is 0.821. The van der Waals surface area contributed by atoms with Crippen LogP contribution in [0.4, 0.5) is 0 Å². The second-order valence-corrected chi connectivity index (χ2v) is 6.25. The van der Waals surface area contributed by atoms with Crippen LogP contribution < -0.4 is 0 Å². The Balaban J connectivity index is 1.78. The van der Waals surface area contributed by atoms with Gasteiger partial charge in [0.05, 0.1) is 0 Å². The number of nitrogens with zero attached hydrogens (tertiary/aromatic N) is 6. The van der Waals surface area contributed by atoms with Crippen LogP contribution in [-0.4, -0.2) is 67.3 Å². The van der Waals surface area contributed by atoms with Crippen LogP contribution in [-0.2, 0) is 4.79 Å². The molecule has 0 spiro atoms. The van der Waals surface area contributed by atoms with Crippen molar-refractivity contribution in [2.75, 3.05) is 19.6 Å². The summed E-state index contributed by atoms with van der Waals surface area (Å²) in [5, 5.41) is 11.2. The molecule has 1 atom stereocenters. The Labute approximate surface area is 134 Å². The summed E-state index contributed by atoms with van der Waals surface area (Å²) in [6, 6.07) is 2.85. The smallest absolute Gasteiger partial charge is 0.254 e. The summed E-state index contributed by atoms with van der Waals surface area (Å²) in [4.78, 5) is 28.7. The third-order valence-corrected chi connectivity index (χ3v) is 4.04. The molecule has 1 aliphatic rings. The zero-order chi connectivity index (χ0) is 16.6. The monoisotopic (exact) mass is 316 g/mol. The van der Waals surface area contributed by atoms with Crippen LogP contribution in [0.25, 0.3) is 5.65 Å². The van der Waals surface area contributed by atoms with E-state index >= 15 is 0 Å². The number of rotatable bonds is 3. The van der Waals surface area contributed by atoms with Gasteiger partial charge in [0, 0.05) is 31.4 Å². The second-order valence-electron chi connectivity index (χ2n) is 6.25. The lowest BCUT2D eigenvalue weighted by molar-refractivity contribution is -0.140. The summed E-state index contributed by atoms with van der Waals surface area (Å²) >= 11 is 0. The molecule has 2 amide bonds. The number of hydrogen-bond acceptors (Lipinski definition) is 5. The minimum absolute atomic E-state index is 0.00326. The number of tetrazole rings is 1. The highest BCUT2D eigenvalue weighted by molar-refractivity contribution is 5.98. The lowest BCUT2D eigenvalue weighted by Crippen LogP contribution is -2.58. The van der Waals surface area contributed by atoms with Crippen molar-refractivity contribution < 1.29 is 9.59 Å². The van der Waals surface area contributed by atoms with E-state index in [1.54, 1.807) is 30.2 Å². The molecule has 2 aromatic rings. The molecule has 1 fully saturated rings. The standard InChI is InChI=1S/C15H20N6O2/c1-10(2)9-19-6-7-20(11(3)14(19)22)15(23)12-4-5-21-13(8-12)16-17-18-21/h4-5,8,10-11H,6-7,9H2,1-3H3/t11-/m0/s1. The molecule has 3 heterocycles. The van der Waals surface area contributed by atoms with Gasteiger partial charge in [0.25, 0.3) is 5.91 Å². The molecule has 8 heteroatoms. The average Bonchev–Trinajstić information content (AvgIpc) is 2.98. The van der Waals surface area contributed by atoms with Crippen LogP contribution in [0.1, 0.15) is 31.1 Å². The highest BCUT2D eigenvalue weighted by Crippen LogP contribution is 2.17. The number of aromatic nitrogens is 4. The van der Waals surface area contributed by atoms with Crippen LogP contribution in [0.3, 0.4) is 0 Å². The topological polar surface area (TPSA) is 83.7 Å². The van der Waals surface area contributed by atoms with Crippen molar-refractivity contribution >= 4 is 17.5 Å². The first-order chi connectivity index (χ1) is 11.0. The van der Waals surface area contributed by atoms with Crippen molar-refractivity contribution in [3.05, 3.63) is 23.9 Å². The van der Waals surface area contributed by atoms with Gasteiger partial charge in [-0.15, -0.1) is 5.10 Å². The Morgan fingerprint density at radius 2 is 2.17 bits per heavy atom. The van der Waals surface area contributed by atoms with E-state index in [1.165, 1.54) is 4.52 Å². The zero-order valence-electron chi connectivity index (χ0n) is 13.5. The van der Waals surface area contributed by atoms with Gasteiger partial charge in [-0.1, -0.05) is 13.8 Å². The van der Waals surface area contributed by atoms with Crippen LogP contribution in [0.5, 0.6) is 0 Å². The predicted octanol–water partition coefficient (Wildman–Crippen LogP) is 0.453. The van der Waals surface area contributed by atoms with Gasteiger partial charge in [-0.2, -0.15) is 0 Å². The predicted molar refractivity (Wildman–Crippen MR) is 82.7 cm³/mol. The summed E-state index contributed by atoms with van der Waals surface area (Å²) in [7, 11) is 0. The molecule has 23 heavy (non-hydrogen) atoms. The molecule has 2 aromatic heterocycles. The lowest BCUT2D eigenvalue weighted by Gasteiger charge is -2.39. The van der Waals surface area contributed by atoms with Gasteiger partial charge in [-0.3, -0.25) is 9.59 Å². The Morgan fingerprint density at radius 3 is 2.91 bits per heavy atom. The molecular formula is C15H20N6O2. The normalized spacial score (nSPS) is 19.0. The molecule has 1 aliphatic heterocycles. The minimum atomic E-state index is -0.456. The highest BCUT2D eigenvalue weighted by atomic mass is 16.2. The average molecular weight is 316 g/mol. The first kappa shape index (κ1) is 15.4. The van der Waals surface area contributed by atoms with E-state index in [1.807, 2.05) is 4.90 Å². The number of fused-ring (bicyclic) bond motifs is 1. The fraction of sp³-hybridized carbons (Fsp3) is 0.533.